The quantitative estimate of drug-likeness (QED) is 0.805. The van der Waals surface area contributed by atoms with Crippen molar-refractivity contribution in [1.29, 1.82) is 0 Å². The van der Waals surface area contributed by atoms with Crippen LogP contribution in [0.2, 0.25) is 0 Å². The highest BCUT2D eigenvalue weighted by atomic mass is 16.7. The van der Waals surface area contributed by atoms with E-state index in [2.05, 4.69) is 12.2 Å². The summed E-state index contributed by atoms with van der Waals surface area (Å²) in [6.07, 6.45) is 4.20. The number of ether oxygens (including phenoxy) is 2. The smallest absolute Gasteiger partial charge is 0.159 e. The molecule has 1 N–H and O–H groups in total. The fourth-order valence-corrected chi connectivity index (χ4v) is 1.79. The maximum Gasteiger partial charge on any atom is 0.159 e. The van der Waals surface area contributed by atoms with Gasteiger partial charge in [0.2, 0.25) is 0 Å². The Kier molecular flexibility index (Phi) is 3.77. The Morgan fingerprint density at radius 1 is 1.47 bits per heavy atom. The lowest BCUT2D eigenvalue weighted by molar-refractivity contribution is -0.0529. The number of hydrogen-bond acceptors (Lipinski definition) is 4. The van der Waals surface area contributed by atoms with E-state index in [1.807, 2.05) is 6.07 Å². The van der Waals surface area contributed by atoms with E-state index in [4.69, 9.17) is 13.9 Å². The van der Waals surface area contributed by atoms with Crippen molar-refractivity contribution < 1.29 is 13.9 Å². The number of hydrogen-bond donors (Lipinski definition) is 1. The summed E-state index contributed by atoms with van der Waals surface area (Å²) in [6, 6.07) is 2.22. The summed E-state index contributed by atoms with van der Waals surface area (Å²) in [5.41, 5.74) is 1.15. The highest BCUT2D eigenvalue weighted by Crippen LogP contribution is 2.22. The van der Waals surface area contributed by atoms with Crippen LogP contribution in [-0.4, -0.2) is 26.0 Å². The molecule has 1 unspecified atom stereocenters. The molecule has 1 aromatic rings. The fourth-order valence-electron chi connectivity index (χ4n) is 1.79. The molecule has 0 amide bonds. The largest absolute Gasteiger partial charge is 0.472 e. The molecule has 4 nitrogen and oxygen atoms in total. The molecule has 1 atom stereocenters. The Labute approximate surface area is 89.6 Å². The van der Waals surface area contributed by atoms with Gasteiger partial charge in [-0.3, -0.25) is 0 Å². The van der Waals surface area contributed by atoms with Gasteiger partial charge < -0.3 is 19.2 Å². The second-order valence-corrected chi connectivity index (χ2v) is 3.57. The highest BCUT2D eigenvalue weighted by molar-refractivity contribution is 5.11. The lowest BCUT2D eigenvalue weighted by Crippen LogP contribution is -2.25. The number of nitrogens with one attached hydrogen (secondary N) is 1. The van der Waals surface area contributed by atoms with Crippen LogP contribution in [0.1, 0.15) is 24.9 Å². The average molecular weight is 211 g/mol. The van der Waals surface area contributed by atoms with E-state index in [-0.39, 0.29) is 12.3 Å². The van der Waals surface area contributed by atoms with Crippen LogP contribution in [0.4, 0.5) is 0 Å². The Balaban J connectivity index is 1.93. The summed E-state index contributed by atoms with van der Waals surface area (Å²) >= 11 is 0. The number of rotatable bonds is 5. The molecule has 0 saturated carbocycles. The van der Waals surface area contributed by atoms with Gasteiger partial charge in [0.25, 0.3) is 0 Å². The van der Waals surface area contributed by atoms with E-state index >= 15 is 0 Å². The van der Waals surface area contributed by atoms with Gasteiger partial charge in [0.05, 0.1) is 25.7 Å². The predicted octanol–water partition coefficient (Wildman–Crippen LogP) is 1.69. The Morgan fingerprint density at radius 3 is 2.87 bits per heavy atom. The van der Waals surface area contributed by atoms with Gasteiger partial charge in [-0.25, -0.2) is 0 Å². The van der Waals surface area contributed by atoms with Crippen molar-refractivity contribution in [3.05, 3.63) is 24.2 Å². The molecule has 1 fully saturated rings. The van der Waals surface area contributed by atoms with Crippen LogP contribution in [0.3, 0.4) is 0 Å². The standard InChI is InChI=1S/C11H17NO3/c1-2-12-10(9-3-4-13-8-9)7-11-14-5-6-15-11/h3-4,8,10-12H,2,5-7H2,1H3. The molecule has 4 heteroatoms. The second-order valence-electron chi connectivity index (χ2n) is 3.57. The zero-order chi connectivity index (χ0) is 10.5. The zero-order valence-electron chi connectivity index (χ0n) is 8.94. The first kappa shape index (κ1) is 10.7. The summed E-state index contributed by atoms with van der Waals surface area (Å²) in [5, 5.41) is 3.39. The molecular weight excluding hydrogens is 194 g/mol. The van der Waals surface area contributed by atoms with Gasteiger partial charge >= 0.3 is 0 Å². The van der Waals surface area contributed by atoms with Crippen molar-refractivity contribution in [1.82, 2.24) is 5.32 Å². The minimum absolute atomic E-state index is 0.0797. The lowest BCUT2D eigenvalue weighted by Gasteiger charge is -2.19. The predicted molar refractivity (Wildman–Crippen MR) is 55.4 cm³/mol. The maximum atomic E-state index is 5.43. The summed E-state index contributed by atoms with van der Waals surface area (Å²) in [6.45, 7) is 4.41. The van der Waals surface area contributed by atoms with Gasteiger partial charge in [-0.05, 0) is 12.6 Å². The van der Waals surface area contributed by atoms with E-state index < -0.39 is 0 Å². The molecule has 2 heterocycles. The molecular formula is C11H17NO3. The third-order valence-electron chi connectivity index (χ3n) is 2.52. The summed E-state index contributed by atoms with van der Waals surface area (Å²) in [5.74, 6) is 0. The van der Waals surface area contributed by atoms with Crippen molar-refractivity contribution in [2.24, 2.45) is 0 Å². The molecule has 0 radical (unpaired) electrons. The zero-order valence-corrected chi connectivity index (χ0v) is 8.94. The van der Waals surface area contributed by atoms with E-state index in [1.54, 1.807) is 12.5 Å². The van der Waals surface area contributed by atoms with E-state index in [0.29, 0.717) is 13.2 Å². The van der Waals surface area contributed by atoms with Crippen LogP contribution in [-0.2, 0) is 9.47 Å². The van der Waals surface area contributed by atoms with Crippen LogP contribution >= 0.6 is 0 Å². The van der Waals surface area contributed by atoms with Crippen molar-refractivity contribution in [2.45, 2.75) is 25.7 Å². The Morgan fingerprint density at radius 2 is 2.27 bits per heavy atom. The Hall–Kier alpha value is -0.840. The molecule has 1 aliphatic heterocycles. The van der Waals surface area contributed by atoms with Crippen molar-refractivity contribution >= 4 is 0 Å². The van der Waals surface area contributed by atoms with E-state index in [9.17, 15) is 0 Å². The lowest BCUT2D eigenvalue weighted by atomic mass is 10.1. The van der Waals surface area contributed by atoms with Crippen LogP contribution in [0, 0.1) is 0 Å². The van der Waals surface area contributed by atoms with Crippen LogP contribution in [0.5, 0.6) is 0 Å². The Bertz CT molecular complexity index is 267. The summed E-state index contributed by atoms with van der Waals surface area (Å²) < 4.78 is 16.0. The minimum Gasteiger partial charge on any atom is -0.472 e. The van der Waals surface area contributed by atoms with Crippen molar-refractivity contribution in [3.8, 4) is 0 Å². The van der Waals surface area contributed by atoms with Gasteiger partial charge in [0.15, 0.2) is 6.29 Å². The topological polar surface area (TPSA) is 43.6 Å². The van der Waals surface area contributed by atoms with E-state index in [0.717, 1.165) is 18.5 Å². The summed E-state index contributed by atoms with van der Waals surface area (Å²) in [4.78, 5) is 0. The SMILES string of the molecule is CCNC(CC1OCCO1)c1ccoc1. The molecule has 0 aliphatic carbocycles. The van der Waals surface area contributed by atoms with Gasteiger partial charge in [0, 0.05) is 18.0 Å². The molecule has 1 aromatic heterocycles. The molecule has 1 saturated heterocycles. The molecule has 0 aromatic carbocycles. The van der Waals surface area contributed by atoms with Gasteiger partial charge in [-0.15, -0.1) is 0 Å². The number of furan rings is 1. The summed E-state index contributed by atoms with van der Waals surface area (Å²) in [7, 11) is 0. The molecule has 0 spiro atoms. The molecule has 15 heavy (non-hydrogen) atoms. The van der Waals surface area contributed by atoms with Crippen molar-refractivity contribution in [2.75, 3.05) is 19.8 Å². The van der Waals surface area contributed by atoms with E-state index in [1.165, 1.54) is 0 Å². The van der Waals surface area contributed by atoms with Gasteiger partial charge in [-0.1, -0.05) is 6.92 Å². The van der Waals surface area contributed by atoms with Gasteiger partial charge in [-0.2, -0.15) is 0 Å². The minimum atomic E-state index is -0.0797. The first-order valence-electron chi connectivity index (χ1n) is 5.39. The molecule has 84 valence electrons. The third kappa shape index (κ3) is 2.81. The highest BCUT2D eigenvalue weighted by Gasteiger charge is 2.22. The second kappa shape index (κ2) is 5.30. The first-order chi connectivity index (χ1) is 7.40. The van der Waals surface area contributed by atoms with Crippen molar-refractivity contribution in [3.63, 3.8) is 0 Å². The van der Waals surface area contributed by atoms with Gasteiger partial charge in [0.1, 0.15) is 0 Å². The van der Waals surface area contributed by atoms with Crippen LogP contribution < -0.4 is 5.32 Å². The first-order valence-corrected chi connectivity index (χ1v) is 5.39. The van der Waals surface area contributed by atoms with Crippen LogP contribution in [0.15, 0.2) is 23.0 Å². The van der Waals surface area contributed by atoms with Crippen LogP contribution in [0.25, 0.3) is 0 Å². The monoisotopic (exact) mass is 211 g/mol. The normalized spacial score (nSPS) is 19.5. The molecule has 0 bridgehead atoms. The molecule has 1 aliphatic rings. The average Bonchev–Trinajstić information content (AvgIpc) is 2.89. The maximum absolute atomic E-state index is 5.43. The third-order valence-corrected chi connectivity index (χ3v) is 2.52. The molecule has 2 rings (SSSR count). The fraction of sp³-hybridized carbons (Fsp3) is 0.636.